The molecule has 1 aliphatic carbocycles. The Morgan fingerprint density at radius 3 is 2.10 bits per heavy atom. The van der Waals surface area contributed by atoms with Crippen molar-refractivity contribution < 1.29 is 9.47 Å². The molecule has 10 heavy (non-hydrogen) atoms. The Kier molecular flexibility index (Phi) is 2.37. The number of fused-ring (bicyclic) bond motifs is 1. The van der Waals surface area contributed by atoms with Gasteiger partial charge in [-0.1, -0.05) is 13.8 Å². The summed E-state index contributed by atoms with van der Waals surface area (Å²) in [6.07, 6.45) is 5.00. The van der Waals surface area contributed by atoms with Crippen LogP contribution in [0.15, 0.2) is 23.7 Å². The van der Waals surface area contributed by atoms with Crippen molar-refractivity contribution in [1.82, 2.24) is 0 Å². The van der Waals surface area contributed by atoms with Crippen LogP contribution >= 0.6 is 0 Å². The van der Waals surface area contributed by atoms with Crippen LogP contribution in [-0.4, -0.2) is 6.79 Å². The third kappa shape index (κ3) is 1.15. The molecule has 56 valence electrons. The minimum atomic E-state index is 0.400. The van der Waals surface area contributed by atoms with Crippen LogP contribution in [0.3, 0.4) is 0 Å². The van der Waals surface area contributed by atoms with Gasteiger partial charge < -0.3 is 9.47 Å². The van der Waals surface area contributed by atoms with Gasteiger partial charge in [0.05, 0.1) is 0 Å². The zero-order chi connectivity index (χ0) is 7.40. The van der Waals surface area contributed by atoms with Crippen molar-refractivity contribution in [2.24, 2.45) is 0 Å². The molecule has 0 atom stereocenters. The zero-order valence-corrected chi connectivity index (χ0v) is 6.39. The quantitative estimate of drug-likeness (QED) is 0.513. The fourth-order valence-electron chi connectivity index (χ4n) is 0.891. The normalized spacial score (nSPS) is 19.0. The van der Waals surface area contributed by atoms with Crippen LogP contribution in [0.4, 0.5) is 0 Å². The van der Waals surface area contributed by atoms with Gasteiger partial charge in [-0.15, -0.1) is 0 Å². The maximum atomic E-state index is 5.05. The average molecular weight is 140 g/mol. The monoisotopic (exact) mass is 140 g/mol. The first kappa shape index (κ1) is 7.19. The number of hydrogen-bond acceptors (Lipinski definition) is 2. The molecule has 2 heteroatoms. The van der Waals surface area contributed by atoms with Gasteiger partial charge in [0.15, 0.2) is 11.5 Å². The third-order valence-corrected chi connectivity index (χ3v) is 1.28. The molecule has 1 heterocycles. The second-order valence-corrected chi connectivity index (χ2v) is 1.78. The molecule has 2 aliphatic rings. The van der Waals surface area contributed by atoms with E-state index in [1.165, 1.54) is 0 Å². The lowest BCUT2D eigenvalue weighted by Gasteiger charge is -1.85. The fraction of sp³-hybridized carbons (Fsp3) is 0.500. The molecule has 1 fully saturated rings. The Balaban J connectivity index is 0.000000231. The lowest BCUT2D eigenvalue weighted by atomic mass is 10.5. The molecule has 1 aliphatic heterocycles. The van der Waals surface area contributed by atoms with Crippen molar-refractivity contribution in [3.05, 3.63) is 23.7 Å². The summed E-state index contributed by atoms with van der Waals surface area (Å²) in [6, 6.07) is 0. The summed E-state index contributed by atoms with van der Waals surface area (Å²) >= 11 is 0. The fourth-order valence-corrected chi connectivity index (χ4v) is 0.891. The minimum Gasteiger partial charge on any atom is -0.454 e. The van der Waals surface area contributed by atoms with E-state index < -0.39 is 0 Å². The van der Waals surface area contributed by atoms with Gasteiger partial charge in [0, 0.05) is 0 Å². The summed E-state index contributed by atoms with van der Waals surface area (Å²) < 4.78 is 10.1. The summed E-state index contributed by atoms with van der Waals surface area (Å²) in [6.45, 7) is 4.40. The molecule has 0 aromatic heterocycles. The van der Waals surface area contributed by atoms with E-state index in [-0.39, 0.29) is 0 Å². The van der Waals surface area contributed by atoms with Gasteiger partial charge in [-0.3, -0.25) is 0 Å². The second-order valence-electron chi connectivity index (χ2n) is 1.78. The highest BCUT2D eigenvalue weighted by molar-refractivity contribution is 5.29. The van der Waals surface area contributed by atoms with Crippen LogP contribution in [0.5, 0.6) is 0 Å². The number of ether oxygens (including phenoxy) is 2. The van der Waals surface area contributed by atoms with Crippen LogP contribution in [0.25, 0.3) is 0 Å². The lowest BCUT2D eigenvalue weighted by molar-refractivity contribution is 0.0964. The minimum absolute atomic E-state index is 0.400. The average Bonchev–Trinajstić information content (AvgIpc) is 2.49. The molecule has 0 aromatic carbocycles. The SMILES string of the molecule is C1=C2OCOC2=CC1.CC. The molecule has 0 saturated carbocycles. The predicted molar refractivity (Wildman–Crippen MR) is 39.2 cm³/mol. The highest BCUT2D eigenvalue weighted by Gasteiger charge is 2.18. The van der Waals surface area contributed by atoms with Gasteiger partial charge in [0.2, 0.25) is 6.79 Å². The van der Waals surface area contributed by atoms with E-state index in [9.17, 15) is 0 Å². The zero-order valence-electron chi connectivity index (χ0n) is 6.39. The Morgan fingerprint density at radius 1 is 1.10 bits per heavy atom. The smallest absolute Gasteiger partial charge is 0.231 e. The molecule has 0 N–H and O–H groups in total. The van der Waals surface area contributed by atoms with Gasteiger partial charge in [0.25, 0.3) is 0 Å². The van der Waals surface area contributed by atoms with E-state index in [1.54, 1.807) is 0 Å². The lowest BCUT2D eigenvalue weighted by Crippen LogP contribution is -1.77. The number of allylic oxidation sites excluding steroid dienone is 2. The van der Waals surface area contributed by atoms with Crippen LogP contribution < -0.4 is 0 Å². The van der Waals surface area contributed by atoms with Crippen LogP contribution in [0, 0.1) is 0 Å². The Bertz CT molecular complexity index is 150. The van der Waals surface area contributed by atoms with E-state index in [2.05, 4.69) is 0 Å². The summed E-state index contributed by atoms with van der Waals surface area (Å²) in [5.41, 5.74) is 0. The maximum absolute atomic E-state index is 5.05. The maximum Gasteiger partial charge on any atom is 0.231 e. The van der Waals surface area contributed by atoms with Crippen LogP contribution in [-0.2, 0) is 9.47 Å². The second kappa shape index (κ2) is 3.30. The molecule has 0 unspecified atom stereocenters. The van der Waals surface area contributed by atoms with Crippen LogP contribution in [0.1, 0.15) is 20.3 Å². The topological polar surface area (TPSA) is 18.5 Å². The highest BCUT2D eigenvalue weighted by Crippen LogP contribution is 2.26. The molecular weight excluding hydrogens is 128 g/mol. The molecular formula is C8H12O2. The number of hydrogen-bond donors (Lipinski definition) is 0. The van der Waals surface area contributed by atoms with Gasteiger partial charge in [-0.25, -0.2) is 0 Å². The van der Waals surface area contributed by atoms with Gasteiger partial charge in [-0.2, -0.15) is 0 Å². The molecule has 1 saturated heterocycles. The van der Waals surface area contributed by atoms with Crippen molar-refractivity contribution in [3.8, 4) is 0 Å². The van der Waals surface area contributed by atoms with Gasteiger partial charge in [-0.05, 0) is 18.6 Å². The highest BCUT2D eigenvalue weighted by atomic mass is 16.7. The van der Waals surface area contributed by atoms with E-state index in [4.69, 9.17) is 9.47 Å². The molecule has 0 spiro atoms. The van der Waals surface area contributed by atoms with Crippen molar-refractivity contribution in [2.45, 2.75) is 20.3 Å². The summed E-state index contributed by atoms with van der Waals surface area (Å²) in [5, 5.41) is 0. The summed E-state index contributed by atoms with van der Waals surface area (Å²) in [5.74, 6) is 1.84. The van der Waals surface area contributed by atoms with Gasteiger partial charge in [0.1, 0.15) is 0 Å². The van der Waals surface area contributed by atoms with Crippen LogP contribution in [0.2, 0.25) is 0 Å². The van der Waals surface area contributed by atoms with Crippen molar-refractivity contribution >= 4 is 0 Å². The van der Waals surface area contributed by atoms with E-state index in [0.29, 0.717) is 6.79 Å². The molecule has 2 nitrogen and oxygen atoms in total. The molecule has 0 aromatic rings. The van der Waals surface area contributed by atoms with E-state index in [0.717, 1.165) is 17.9 Å². The first-order valence-electron chi connectivity index (χ1n) is 3.63. The van der Waals surface area contributed by atoms with E-state index >= 15 is 0 Å². The number of rotatable bonds is 0. The van der Waals surface area contributed by atoms with Gasteiger partial charge >= 0.3 is 0 Å². The standard InChI is InChI=1S/C6H6O2.C2H6/c1-2-5-6(3-1)8-4-7-5;1-2/h2-3H,1,4H2;1-2H3. The van der Waals surface area contributed by atoms with Crippen molar-refractivity contribution in [3.63, 3.8) is 0 Å². The predicted octanol–water partition coefficient (Wildman–Crippen LogP) is 2.19. The van der Waals surface area contributed by atoms with Crippen molar-refractivity contribution in [2.75, 3.05) is 6.79 Å². The molecule has 0 radical (unpaired) electrons. The van der Waals surface area contributed by atoms with E-state index in [1.807, 2.05) is 26.0 Å². The first-order valence-corrected chi connectivity index (χ1v) is 3.63. The summed E-state index contributed by atoms with van der Waals surface area (Å²) in [4.78, 5) is 0. The Hall–Kier alpha value is -0.920. The third-order valence-electron chi connectivity index (χ3n) is 1.28. The molecule has 0 bridgehead atoms. The Labute approximate surface area is 61.1 Å². The van der Waals surface area contributed by atoms with Crippen molar-refractivity contribution in [1.29, 1.82) is 0 Å². The molecule has 0 amide bonds. The first-order chi connectivity index (χ1) is 4.97. The Morgan fingerprint density at radius 2 is 1.60 bits per heavy atom. The summed E-state index contributed by atoms with van der Waals surface area (Å²) in [7, 11) is 0. The molecule has 2 rings (SSSR count). The largest absolute Gasteiger partial charge is 0.454 e.